The molecule has 0 aromatic heterocycles. The van der Waals surface area contributed by atoms with Crippen LogP contribution in [0.4, 0.5) is 10.5 Å². The zero-order valence-electron chi connectivity index (χ0n) is 23.7. The number of amides is 3. The van der Waals surface area contributed by atoms with Crippen molar-refractivity contribution in [2.45, 2.75) is 70.9 Å². The smallest absolute Gasteiger partial charge is 0.410 e. The average Bonchev–Trinajstić information content (AvgIpc) is 3.14. The fourth-order valence-corrected chi connectivity index (χ4v) is 6.49. The molecule has 3 saturated heterocycles. The number of halogens is 2. The number of nitrogens with one attached hydrogen (secondary N) is 2. The Balaban J connectivity index is 1.34. The number of aliphatic hydroxyl groups is 1. The van der Waals surface area contributed by atoms with Crippen LogP contribution in [0.1, 0.15) is 53.4 Å². The third-order valence-electron chi connectivity index (χ3n) is 7.90. The van der Waals surface area contributed by atoms with E-state index in [4.69, 9.17) is 27.9 Å². The summed E-state index contributed by atoms with van der Waals surface area (Å²) in [6.45, 7) is 10.8. The molecule has 0 bridgehead atoms. The van der Waals surface area contributed by atoms with Crippen LogP contribution in [0, 0.1) is 11.8 Å². The molecule has 3 N–H and O–H groups in total. The molecule has 10 nitrogen and oxygen atoms in total. The second-order valence-corrected chi connectivity index (χ2v) is 13.1. The molecule has 12 heteroatoms. The lowest BCUT2D eigenvalue weighted by Gasteiger charge is -2.40. The van der Waals surface area contributed by atoms with Gasteiger partial charge in [0.1, 0.15) is 11.1 Å². The molecule has 3 aliphatic heterocycles. The minimum Gasteiger partial charge on any atom is -0.444 e. The summed E-state index contributed by atoms with van der Waals surface area (Å²) in [5.74, 6) is -0.592. The van der Waals surface area contributed by atoms with E-state index in [0.717, 1.165) is 5.69 Å². The van der Waals surface area contributed by atoms with Crippen LogP contribution < -0.4 is 15.5 Å². The fraction of sp³-hybridized carbons (Fsp3) is 0.679. The minimum absolute atomic E-state index is 0.0149. The molecule has 1 aromatic rings. The van der Waals surface area contributed by atoms with Crippen molar-refractivity contribution >= 4 is 46.8 Å². The first kappa shape index (κ1) is 30.7. The maximum atomic E-state index is 13.5. The fourth-order valence-electron chi connectivity index (χ4n) is 5.98. The molecule has 222 valence electrons. The lowest BCUT2D eigenvalue weighted by atomic mass is 9.77. The zero-order chi connectivity index (χ0) is 29.2. The van der Waals surface area contributed by atoms with Crippen LogP contribution in [0.2, 0.25) is 10.0 Å². The predicted molar refractivity (Wildman–Crippen MR) is 154 cm³/mol. The summed E-state index contributed by atoms with van der Waals surface area (Å²) in [5, 5.41) is 17.0. The number of carbonyl (C=O) groups excluding carboxylic acids is 3. The molecular formula is C28H41Cl2N5O5. The third kappa shape index (κ3) is 7.51. The van der Waals surface area contributed by atoms with Gasteiger partial charge in [-0.1, -0.05) is 30.1 Å². The molecule has 3 unspecified atom stereocenters. The number of hydrogen-bond donors (Lipinski definition) is 3. The van der Waals surface area contributed by atoms with Gasteiger partial charge in [0.05, 0.1) is 0 Å². The second-order valence-electron chi connectivity index (χ2n) is 12.3. The van der Waals surface area contributed by atoms with Crippen LogP contribution in [0.25, 0.3) is 0 Å². The lowest BCUT2D eigenvalue weighted by molar-refractivity contribution is -0.137. The molecule has 0 saturated carbocycles. The van der Waals surface area contributed by atoms with Crippen molar-refractivity contribution in [3.63, 3.8) is 0 Å². The first-order valence-electron chi connectivity index (χ1n) is 14.0. The Labute approximate surface area is 246 Å². The van der Waals surface area contributed by atoms with E-state index in [1.54, 1.807) is 11.0 Å². The van der Waals surface area contributed by atoms with E-state index < -0.39 is 23.4 Å². The number of likely N-dealkylation sites (tertiary alicyclic amines) is 1. The highest BCUT2D eigenvalue weighted by Crippen LogP contribution is 2.34. The number of anilines is 1. The summed E-state index contributed by atoms with van der Waals surface area (Å²) in [4.78, 5) is 44.8. The van der Waals surface area contributed by atoms with Gasteiger partial charge in [0.25, 0.3) is 0 Å². The molecule has 3 aliphatic rings. The molecule has 4 rings (SSSR count). The highest BCUT2D eigenvalue weighted by Gasteiger charge is 2.49. The third-order valence-corrected chi connectivity index (χ3v) is 8.34. The molecule has 0 radical (unpaired) electrons. The van der Waals surface area contributed by atoms with Crippen LogP contribution in [-0.4, -0.2) is 89.6 Å². The van der Waals surface area contributed by atoms with E-state index in [-0.39, 0.29) is 30.2 Å². The Bertz CT molecular complexity index is 1080. The van der Waals surface area contributed by atoms with Crippen molar-refractivity contribution in [2.24, 2.45) is 11.8 Å². The summed E-state index contributed by atoms with van der Waals surface area (Å²) in [6, 6.07) is 5.42. The topological polar surface area (TPSA) is 114 Å². The van der Waals surface area contributed by atoms with Crippen LogP contribution >= 0.6 is 23.2 Å². The highest BCUT2D eigenvalue weighted by atomic mass is 35.5. The van der Waals surface area contributed by atoms with Crippen LogP contribution in [0.15, 0.2) is 18.2 Å². The van der Waals surface area contributed by atoms with Gasteiger partial charge in [0.15, 0.2) is 6.35 Å². The number of benzene rings is 1. The molecule has 3 fully saturated rings. The van der Waals surface area contributed by atoms with Crippen LogP contribution in [-0.2, 0) is 14.3 Å². The Morgan fingerprint density at radius 1 is 1.05 bits per heavy atom. The van der Waals surface area contributed by atoms with E-state index in [0.29, 0.717) is 68.6 Å². The predicted octanol–water partition coefficient (Wildman–Crippen LogP) is 3.44. The van der Waals surface area contributed by atoms with Crippen molar-refractivity contribution in [1.82, 2.24) is 20.4 Å². The number of nitrogens with zero attached hydrogens (tertiary/aromatic N) is 3. The van der Waals surface area contributed by atoms with Gasteiger partial charge >= 0.3 is 6.09 Å². The molecule has 40 heavy (non-hydrogen) atoms. The van der Waals surface area contributed by atoms with E-state index >= 15 is 0 Å². The number of ether oxygens (including phenoxy) is 1. The molecule has 0 aliphatic carbocycles. The first-order valence-corrected chi connectivity index (χ1v) is 14.7. The number of rotatable bonds is 6. The SMILES string of the molecule is CC(CC1(CC2CCN(C(=O)OC(C)(C)C)CC2)NC(O)NC1=O)C(=O)N1CCN(c2cc(Cl)cc(Cl)c2)CC1. The largest absolute Gasteiger partial charge is 0.444 e. The summed E-state index contributed by atoms with van der Waals surface area (Å²) in [7, 11) is 0. The average molecular weight is 599 g/mol. The summed E-state index contributed by atoms with van der Waals surface area (Å²) >= 11 is 12.3. The van der Waals surface area contributed by atoms with Crippen molar-refractivity contribution in [3.05, 3.63) is 28.2 Å². The number of hydrogen-bond acceptors (Lipinski definition) is 7. The zero-order valence-corrected chi connectivity index (χ0v) is 25.2. The second kappa shape index (κ2) is 12.3. The van der Waals surface area contributed by atoms with E-state index in [2.05, 4.69) is 15.5 Å². The monoisotopic (exact) mass is 597 g/mol. The lowest BCUT2D eigenvalue weighted by Crippen LogP contribution is -2.54. The number of piperidine rings is 1. The standard InChI is InChI=1S/C28H41Cl2N5O5/c1-18(23(36)34-11-9-33(10-12-34)22-14-20(29)13-21(30)15-22)16-28(24(37)31-25(38)32-28)17-19-5-7-35(8-6-19)26(39)40-27(2,3)4/h13-15,18-19,25,32,38H,5-12,16-17H2,1-4H3,(H,31,37). The van der Waals surface area contributed by atoms with Gasteiger partial charge in [-0.15, -0.1) is 0 Å². The highest BCUT2D eigenvalue weighted by molar-refractivity contribution is 6.35. The molecule has 3 heterocycles. The van der Waals surface area contributed by atoms with Crippen molar-refractivity contribution < 1.29 is 24.2 Å². The summed E-state index contributed by atoms with van der Waals surface area (Å²) in [6.07, 6.45) is 0.674. The maximum absolute atomic E-state index is 13.5. The Morgan fingerprint density at radius 2 is 1.65 bits per heavy atom. The number of carbonyl (C=O) groups is 3. The van der Waals surface area contributed by atoms with Gasteiger partial charge in [0, 0.05) is 60.9 Å². The van der Waals surface area contributed by atoms with Gasteiger partial charge in [0.2, 0.25) is 11.8 Å². The Hall–Kier alpha value is -2.27. The van der Waals surface area contributed by atoms with E-state index in [9.17, 15) is 19.5 Å². The Morgan fingerprint density at radius 3 is 2.17 bits per heavy atom. The molecule has 3 atom stereocenters. The normalized spacial score (nSPS) is 25.1. The van der Waals surface area contributed by atoms with Gasteiger partial charge < -0.3 is 29.9 Å². The van der Waals surface area contributed by atoms with Gasteiger partial charge in [-0.3, -0.25) is 14.9 Å². The first-order chi connectivity index (χ1) is 18.7. The Kier molecular flexibility index (Phi) is 9.44. The molecular weight excluding hydrogens is 557 g/mol. The maximum Gasteiger partial charge on any atom is 0.410 e. The molecule has 3 amide bonds. The van der Waals surface area contributed by atoms with Crippen LogP contribution in [0.5, 0.6) is 0 Å². The summed E-state index contributed by atoms with van der Waals surface area (Å²) in [5.41, 5.74) is -0.694. The van der Waals surface area contributed by atoms with E-state index in [1.165, 1.54) is 0 Å². The van der Waals surface area contributed by atoms with Gasteiger partial charge in [-0.25, -0.2) is 4.79 Å². The molecule has 1 aromatic carbocycles. The molecule has 0 spiro atoms. The van der Waals surface area contributed by atoms with Gasteiger partial charge in [-0.2, -0.15) is 0 Å². The van der Waals surface area contributed by atoms with Crippen molar-refractivity contribution in [3.8, 4) is 0 Å². The number of aliphatic hydroxyl groups excluding tert-OH is 1. The minimum atomic E-state index is -1.16. The summed E-state index contributed by atoms with van der Waals surface area (Å²) < 4.78 is 5.50. The van der Waals surface area contributed by atoms with E-state index in [1.807, 2.05) is 44.7 Å². The quantitative estimate of drug-likeness (QED) is 0.460. The van der Waals surface area contributed by atoms with Gasteiger partial charge in [-0.05, 0) is 70.6 Å². The van der Waals surface area contributed by atoms with Crippen molar-refractivity contribution in [1.29, 1.82) is 0 Å². The van der Waals surface area contributed by atoms with Crippen LogP contribution in [0.3, 0.4) is 0 Å². The number of piperazine rings is 1. The van der Waals surface area contributed by atoms with Crippen molar-refractivity contribution in [2.75, 3.05) is 44.2 Å².